The number of aromatic nitrogens is 2. The molecule has 110 valence electrons. The number of anilines is 1. The van der Waals surface area contributed by atoms with Crippen molar-refractivity contribution in [1.82, 2.24) is 9.97 Å². The van der Waals surface area contributed by atoms with Crippen molar-refractivity contribution in [2.24, 2.45) is 0 Å². The molecule has 8 nitrogen and oxygen atoms in total. The van der Waals surface area contributed by atoms with Crippen molar-refractivity contribution in [3.63, 3.8) is 0 Å². The molecule has 0 fully saturated rings. The minimum Gasteiger partial charge on any atom is -0.478 e. The van der Waals surface area contributed by atoms with Crippen molar-refractivity contribution in [3.05, 3.63) is 12.3 Å². The standard InChI is InChI=1S/C12H17N3O5/c1-4-20-9-5-6-13-12(14-9)15(7-10(16)18-2)8-11(17)19-3/h5-6H,4,7-8H2,1-3H3. The Hall–Kier alpha value is -2.38. The average molecular weight is 283 g/mol. The van der Waals surface area contributed by atoms with Crippen LogP contribution in [0.25, 0.3) is 0 Å². The maximum atomic E-state index is 11.4. The Labute approximate surface area is 116 Å². The molecule has 0 aliphatic rings. The van der Waals surface area contributed by atoms with Gasteiger partial charge in [0, 0.05) is 12.3 Å². The number of ether oxygens (including phenoxy) is 3. The summed E-state index contributed by atoms with van der Waals surface area (Å²) in [5, 5.41) is 0. The molecule has 0 saturated carbocycles. The lowest BCUT2D eigenvalue weighted by molar-refractivity contribution is -0.140. The van der Waals surface area contributed by atoms with Crippen LogP contribution in [-0.2, 0) is 19.1 Å². The van der Waals surface area contributed by atoms with Gasteiger partial charge in [-0.3, -0.25) is 9.59 Å². The molecule has 0 aromatic carbocycles. The molecule has 0 bridgehead atoms. The number of nitrogens with zero attached hydrogens (tertiary/aromatic N) is 3. The number of hydrogen-bond donors (Lipinski definition) is 0. The molecule has 0 saturated heterocycles. The normalized spacial score (nSPS) is 9.75. The van der Waals surface area contributed by atoms with Crippen molar-refractivity contribution >= 4 is 17.9 Å². The van der Waals surface area contributed by atoms with Gasteiger partial charge >= 0.3 is 11.9 Å². The van der Waals surface area contributed by atoms with Gasteiger partial charge in [0.15, 0.2) is 0 Å². The number of esters is 2. The van der Waals surface area contributed by atoms with E-state index in [-0.39, 0.29) is 19.0 Å². The zero-order chi connectivity index (χ0) is 15.0. The largest absolute Gasteiger partial charge is 0.478 e. The highest BCUT2D eigenvalue weighted by molar-refractivity contribution is 5.80. The summed E-state index contributed by atoms with van der Waals surface area (Å²) >= 11 is 0. The molecular weight excluding hydrogens is 266 g/mol. The summed E-state index contributed by atoms with van der Waals surface area (Å²) in [5.74, 6) is -0.484. The van der Waals surface area contributed by atoms with E-state index in [1.54, 1.807) is 6.07 Å². The van der Waals surface area contributed by atoms with E-state index in [1.807, 2.05) is 6.92 Å². The van der Waals surface area contributed by atoms with Gasteiger partial charge in [-0.05, 0) is 6.92 Å². The Morgan fingerprint density at radius 3 is 2.30 bits per heavy atom. The van der Waals surface area contributed by atoms with Crippen molar-refractivity contribution in [1.29, 1.82) is 0 Å². The molecule has 0 radical (unpaired) electrons. The van der Waals surface area contributed by atoms with Gasteiger partial charge < -0.3 is 19.1 Å². The van der Waals surface area contributed by atoms with Crippen LogP contribution in [-0.4, -0.2) is 55.8 Å². The smallest absolute Gasteiger partial charge is 0.325 e. The predicted octanol–water partition coefficient (Wildman–Crippen LogP) is 0.0277. The number of methoxy groups -OCH3 is 2. The molecule has 0 amide bonds. The lowest BCUT2D eigenvalue weighted by Crippen LogP contribution is -2.36. The highest BCUT2D eigenvalue weighted by atomic mass is 16.5. The Balaban J connectivity index is 2.92. The van der Waals surface area contributed by atoms with Crippen LogP contribution in [0.15, 0.2) is 12.3 Å². The lowest BCUT2D eigenvalue weighted by atomic mass is 10.4. The van der Waals surface area contributed by atoms with Gasteiger partial charge in [0.25, 0.3) is 0 Å². The van der Waals surface area contributed by atoms with Gasteiger partial charge in [-0.25, -0.2) is 4.98 Å². The summed E-state index contributed by atoms with van der Waals surface area (Å²) in [5.41, 5.74) is 0. The van der Waals surface area contributed by atoms with E-state index in [4.69, 9.17) is 4.74 Å². The third-order valence-electron chi connectivity index (χ3n) is 2.29. The van der Waals surface area contributed by atoms with E-state index in [0.29, 0.717) is 12.5 Å². The minimum absolute atomic E-state index is 0.165. The fourth-order valence-corrected chi connectivity index (χ4v) is 1.35. The van der Waals surface area contributed by atoms with Crippen LogP contribution >= 0.6 is 0 Å². The Morgan fingerprint density at radius 1 is 1.20 bits per heavy atom. The first-order valence-corrected chi connectivity index (χ1v) is 5.95. The average Bonchev–Trinajstić information content (AvgIpc) is 2.46. The molecule has 1 aromatic heterocycles. The minimum atomic E-state index is -0.515. The molecule has 1 aromatic rings. The molecular formula is C12H17N3O5. The highest BCUT2D eigenvalue weighted by Gasteiger charge is 2.18. The van der Waals surface area contributed by atoms with E-state index in [0.717, 1.165) is 0 Å². The fourth-order valence-electron chi connectivity index (χ4n) is 1.35. The van der Waals surface area contributed by atoms with Crippen molar-refractivity contribution in [3.8, 4) is 5.88 Å². The molecule has 1 heterocycles. The number of hydrogen-bond acceptors (Lipinski definition) is 8. The molecule has 20 heavy (non-hydrogen) atoms. The molecule has 0 aliphatic heterocycles. The number of carbonyl (C=O) groups is 2. The molecule has 0 N–H and O–H groups in total. The highest BCUT2D eigenvalue weighted by Crippen LogP contribution is 2.12. The fraction of sp³-hybridized carbons (Fsp3) is 0.500. The summed E-state index contributed by atoms with van der Waals surface area (Å²) in [4.78, 5) is 32.2. The zero-order valence-corrected chi connectivity index (χ0v) is 11.7. The van der Waals surface area contributed by atoms with Crippen LogP contribution in [0.3, 0.4) is 0 Å². The Bertz CT molecular complexity index is 448. The second kappa shape index (κ2) is 7.93. The van der Waals surface area contributed by atoms with Crippen LogP contribution in [0.5, 0.6) is 5.88 Å². The SMILES string of the molecule is CCOc1ccnc(N(CC(=O)OC)CC(=O)OC)n1. The van der Waals surface area contributed by atoms with Crippen molar-refractivity contribution < 1.29 is 23.8 Å². The first kappa shape index (κ1) is 15.7. The Kier molecular flexibility index (Phi) is 6.21. The van der Waals surface area contributed by atoms with Crippen LogP contribution in [0.4, 0.5) is 5.95 Å². The molecule has 0 spiro atoms. The first-order chi connectivity index (χ1) is 9.60. The van der Waals surface area contributed by atoms with Crippen LogP contribution < -0.4 is 9.64 Å². The molecule has 8 heteroatoms. The van der Waals surface area contributed by atoms with Crippen LogP contribution in [0.2, 0.25) is 0 Å². The van der Waals surface area contributed by atoms with Crippen LogP contribution in [0, 0.1) is 0 Å². The van der Waals surface area contributed by atoms with Gasteiger partial charge in [-0.2, -0.15) is 4.98 Å². The van der Waals surface area contributed by atoms with Gasteiger partial charge in [0.1, 0.15) is 13.1 Å². The summed E-state index contributed by atoms with van der Waals surface area (Å²) in [6.45, 7) is 1.94. The molecule has 0 unspecified atom stereocenters. The topological polar surface area (TPSA) is 90.8 Å². The summed E-state index contributed by atoms with van der Waals surface area (Å²) < 4.78 is 14.4. The van der Waals surface area contributed by atoms with E-state index >= 15 is 0 Å². The van der Waals surface area contributed by atoms with Crippen molar-refractivity contribution in [2.75, 3.05) is 38.8 Å². The summed E-state index contributed by atoms with van der Waals surface area (Å²) in [6, 6.07) is 1.58. The van der Waals surface area contributed by atoms with E-state index in [2.05, 4.69) is 19.4 Å². The number of rotatable bonds is 7. The van der Waals surface area contributed by atoms with Gasteiger partial charge in [0.2, 0.25) is 11.8 Å². The summed E-state index contributed by atoms with van der Waals surface area (Å²) in [7, 11) is 2.52. The predicted molar refractivity (Wildman–Crippen MR) is 69.4 cm³/mol. The maximum Gasteiger partial charge on any atom is 0.325 e. The van der Waals surface area contributed by atoms with E-state index in [9.17, 15) is 9.59 Å². The maximum absolute atomic E-state index is 11.4. The van der Waals surface area contributed by atoms with Crippen LogP contribution in [0.1, 0.15) is 6.92 Å². The zero-order valence-electron chi connectivity index (χ0n) is 11.7. The molecule has 0 atom stereocenters. The second-order valence-corrected chi connectivity index (χ2v) is 3.64. The molecule has 1 rings (SSSR count). The first-order valence-electron chi connectivity index (χ1n) is 5.95. The molecule has 0 aliphatic carbocycles. The van der Waals surface area contributed by atoms with Gasteiger partial charge in [-0.1, -0.05) is 0 Å². The monoisotopic (exact) mass is 283 g/mol. The second-order valence-electron chi connectivity index (χ2n) is 3.64. The van der Waals surface area contributed by atoms with Gasteiger partial charge in [0.05, 0.1) is 20.8 Å². The summed E-state index contributed by atoms with van der Waals surface area (Å²) in [6.07, 6.45) is 1.48. The van der Waals surface area contributed by atoms with Gasteiger partial charge in [-0.15, -0.1) is 0 Å². The quantitative estimate of drug-likeness (QED) is 0.647. The third kappa shape index (κ3) is 4.71. The lowest BCUT2D eigenvalue weighted by Gasteiger charge is -2.20. The van der Waals surface area contributed by atoms with E-state index in [1.165, 1.54) is 25.3 Å². The Morgan fingerprint density at radius 2 is 1.80 bits per heavy atom. The van der Waals surface area contributed by atoms with Crippen molar-refractivity contribution in [2.45, 2.75) is 6.92 Å². The van der Waals surface area contributed by atoms with E-state index < -0.39 is 11.9 Å². The number of carbonyl (C=O) groups excluding carboxylic acids is 2. The third-order valence-corrected chi connectivity index (χ3v) is 2.29.